The Kier molecular flexibility index (Phi) is 4.63. The highest BCUT2D eigenvalue weighted by molar-refractivity contribution is 7.99. The number of carbonyl (C=O) groups excluding carboxylic acids is 1. The van der Waals surface area contributed by atoms with Gasteiger partial charge in [-0.15, -0.1) is 5.10 Å². The smallest absolute Gasteiger partial charge is 0.233 e. The Bertz CT molecular complexity index is 1170. The summed E-state index contributed by atoms with van der Waals surface area (Å²) < 4.78 is 1.98. The molecule has 1 amide bonds. The van der Waals surface area contributed by atoms with E-state index in [1.807, 2.05) is 33.6 Å². The summed E-state index contributed by atoms with van der Waals surface area (Å²) in [4.78, 5) is 21.6. The van der Waals surface area contributed by atoms with Crippen molar-refractivity contribution in [2.75, 3.05) is 36.8 Å². The van der Waals surface area contributed by atoms with Crippen LogP contribution in [-0.4, -0.2) is 62.3 Å². The number of piperazine rings is 1. The minimum atomic E-state index is 0.152. The molecule has 1 aliphatic rings. The predicted molar refractivity (Wildman–Crippen MR) is 116 cm³/mol. The molecular weight excluding hydrogens is 384 g/mol. The van der Waals surface area contributed by atoms with E-state index in [0.717, 1.165) is 42.4 Å². The molecule has 1 fully saturated rings. The van der Waals surface area contributed by atoms with Gasteiger partial charge in [-0.3, -0.25) is 9.20 Å². The minimum absolute atomic E-state index is 0.152. The molecule has 29 heavy (non-hydrogen) atoms. The highest BCUT2D eigenvalue weighted by atomic mass is 32.2. The van der Waals surface area contributed by atoms with E-state index in [2.05, 4.69) is 51.3 Å². The molecule has 0 unspecified atom stereocenters. The maximum absolute atomic E-state index is 12.8. The summed E-state index contributed by atoms with van der Waals surface area (Å²) in [5, 5.41) is 8.07. The van der Waals surface area contributed by atoms with Crippen LogP contribution in [0.2, 0.25) is 0 Å². The molecule has 1 aliphatic heterocycles. The van der Waals surface area contributed by atoms with Crippen LogP contribution >= 0.6 is 11.8 Å². The standard InChI is InChI=1S/C21H22N6OS/c1-15-5-4-6-16(13-15)25-9-11-26(12-10-25)19(28)14-29-21-24-23-20-22-17-7-2-3-8-18(17)27(20)21/h2-8,13H,9-12,14H2,1H3,(H,22,23). The van der Waals surface area contributed by atoms with Crippen LogP contribution in [0.1, 0.15) is 5.56 Å². The first-order valence-electron chi connectivity index (χ1n) is 9.73. The third kappa shape index (κ3) is 3.44. The normalized spacial score (nSPS) is 14.8. The van der Waals surface area contributed by atoms with Gasteiger partial charge in [0.25, 0.3) is 0 Å². The number of imidazole rings is 1. The van der Waals surface area contributed by atoms with Gasteiger partial charge in [0.15, 0.2) is 5.16 Å². The van der Waals surface area contributed by atoms with Crippen LogP contribution in [0.15, 0.2) is 53.7 Å². The maximum atomic E-state index is 12.8. The lowest BCUT2D eigenvalue weighted by Gasteiger charge is -2.36. The number of aryl methyl sites for hydroxylation is 1. The van der Waals surface area contributed by atoms with Crippen molar-refractivity contribution in [1.82, 2.24) is 24.5 Å². The molecule has 148 valence electrons. The van der Waals surface area contributed by atoms with Crippen LogP contribution in [0, 0.1) is 6.92 Å². The Hall–Kier alpha value is -3.00. The zero-order chi connectivity index (χ0) is 19.8. The van der Waals surface area contributed by atoms with Crippen LogP contribution in [0.4, 0.5) is 5.69 Å². The van der Waals surface area contributed by atoms with Crippen molar-refractivity contribution in [3.63, 3.8) is 0 Å². The van der Waals surface area contributed by atoms with E-state index in [9.17, 15) is 4.79 Å². The van der Waals surface area contributed by atoms with Gasteiger partial charge in [0, 0.05) is 31.9 Å². The molecule has 1 N–H and O–H groups in total. The molecule has 5 rings (SSSR count). The summed E-state index contributed by atoms with van der Waals surface area (Å²) in [6, 6.07) is 16.5. The number of nitrogens with one attached hydrogen (secondary N) is 1. The summed E-state index contributed by atoms with van der Waals surface area (Å²) in [5.74, 6) is 1.23. The van der Waals surface area contributed by atoms with E-state index in [1.165, 1.54) is 23.0 Å². The lowest BCUT2D eigenvalue weighted by atomic mass is 10.2. The molecule has 2 aromatic carbocycles. The van der Waals surface area contributed by atoms with Crippen molar-refractivity contribution in [2.45, 2.75) is 12.1 Å². The summed E-state index contributed by atoms with van der Waals surface area (Å²) in [6.07, 6.45) is 0. The van der Waals surface area contributed by atoms with Crippen molar-refractivity contribution in [3.05, 3.63) is 54.1 Å². The largest absolute Gasteiger partial charge is 0.368 e. The van der Waals surface area contributed by atoms with Crippen molar-refractivity contribution in [2.24, 2.45) is 0 Å². The highest BCUT2D eigenvalue weighted by Gasteiger charge is 2.22. The Labute approximate surface area is 172 Å². The molecular formula is C21H22N6OS. The maximum Gasteiger partial charge on any atom is 0.233 e. The van der Waals surface area contributed by atoms with Crippen LogP contribution in [0.3, 0.4) is 0 Å². The Morgan fingerprint density at radius 2 is 1.93 bits per heavy atom. The lowest BCUT2D eigenvalue weighted by molar-refractivity contribution is -0.128. The summed E-state index contributed by atoms with van der Waals surface area (Å²) in [5.41, 5.74) is 4.41. The average molecular weight is 407 g/mol. The lowest BCUT2D eigenvalue weighted by Crippen LogP contribution is -2.49. The molecule has 7 nitrogen and oxygen atoms in total. The number of amides is 1. The van der Waals surface area contributed by atoms with Gasteiger partial charge < -0.3 is 9.80 Å². The number of carbonyl (C=O) groups is 1. The third-order valence-corrected chi connectivity index (χ3v) is 6.25. The number of benzene rings is 2. The zero-order valence-corrected chi connectivity index (χ0v) is 17.0. The second kappa shape index (κ2) is 7.44. The second-order valence-corrected chi connectivity index (χ2v) is 8.20. The summed E-state index contributed by atoms with van der Waals surface area (Å²) in [7, 11) is 0. The summed E-state index contributed by atoms with van der Waals surface area (Å²) >= 11 is 1.45. The van der Waals surface area contributed by atoms with Crippen LogP contribution < -0.4 is 4.90 Å². The predicted octanol–water partition coefficient (Wildman–Crippen LogP) is 2.96. The number of fused-ring (bicyclic) bond motifs is 3. The number of nitrogens with zero attached hydrogens (tertiary/aromatic N) is 5. The Morgan fingerprint density at radius 1 is 1.10 bits per heavy atom. The molecule has 0 aliphatic carbocycles. The van der Waals surface area contributed by atoms with Gasteiger partial charge in [0.05, 0.1) is 16.8 Å². The molecule has 0 bridgehead atoms. The molecule has 3 heterocycles. The van der Waals surface area contributed by atoms with E-state index in [1.54, 1.807) is 0 Å². The fourth-order valence-electron chi connectivity index (χ4n) is 3.80. The van der Waals surface area contributed by atoms with E-state index in [4.69, 9.17) is 0 Å². The number of rotatable bonds is 4. The first-order valence-corrected chi connectivity index (χ1v) is 10.7. The number of aromatic amines is 1. The summed E-state index contributed by atoms with van der Waals surface area (Å²) in [6.45, 7) is 5.32. The number of hydrogen-bond donors (Lipinski definition) is 1. The molecule has 1 saturated heterocycles. The third-order valence-electron chi connectivity index (χ3n) is 5.33. The van der Waals surface area contributed by atoms with Gasteiger partial charge in [-0.1, -0.05) is 36.0 Å². The Balaban J connectivity index is 1.22. The quantitative estimate of drug-likeness (QED) is 0.528. The SMILES string of the molecule is Cc1cccc(N2CCN(C(=O)CSc3n[nH]c4nc5ccccc5n34)CC2)c1. The molecule has 2 aromatic heterocycles. The second-order valence-electron chi connectivity index (χ2n) is 7.26. The fourth-order valence-corrected chi connectivity index (χ4v) is 4.65. The number of hydrogen-bond acceptors (Lipinski definition) is 5. The average Bonchev–Trinajstić information content (AvgIpc) is 3.31. The molecule has 0 spiro atoms. The fraction of sp³-hybridized carbons (Fsp3) is 0.286. The first kappa shape index (κ1) is 18.1. The van der Waals surface area contributed by atoms with Crippen molar-refractivity contribution in [1.29, 1.82) is 0 Å². The number of H-pyrrole nitrogens is 1. The highest BCUT2D eigenvalue weighted by Crippen LogP contribution is 2.23. The van der Waals surface area contributed by atoms with E-state index >= 15 is 0 Å². The number of para-hydroxylation sites is 2. The van der Waals surface area contributed by atoms with Gasteiger partial charge >= 0.3 is 0 Å². The molecule has 0 atom stereocenters. The monoisotopic (exact) mass is 406 g/mol. The minimum Gasteiger partial charge on any atom is -0.368 e. The van der Waals surface area contributed by atoms with Gasteiger partial charge in [0.2, 0.25) is 11.7 Å². The van der Waals surface area contributed by atoms with Gasteiger partial charge in [-0.05, 0) is 36.8 Å². The molecule has 0 saturated carbocycles. The van der Waals surface area contributed by atoms with Crippen LogP contribution in [0.25, 0.3) is 16.8 Å². The molecule has 8 heteroatoms. The van der Waals surface area contributed by atoms with Crippen molar-refractivity contribution in [3.8, 4) is 0 Å². The van der Waals surface area contributed by atoms with Gasteiger partial charge in [0.1, 0.15) is 0 Å². The van der Waals surface area contributed by atoms with Gasteiger partial charge in [-0.2, -0.15) is 0 Å². The van der Waals surface area contributed by atoms with E-state index in [-0.39, 0.29) is 5.91 Å². The topological polar surface area (TPSA) is 69.5 Å². The number of anilines is 1. The molecule has 4 aromatic rings. The van der Waals surface area contributed by atoms with Crippen LogP contribution in [0.5, 0.6) is 0 Å². The van der Waals surface area contributed by atoms with Crippen molar-refractivity contribution >= 4 is 40.2 Å². The number of thioether (sulfide) groups is 1. The van der Waals surface area contributed by atoms with Gasteiger partial charge in [-0.25, -0.2) is 10.1 Å². The van der Waals surface area contributed by atoms with Crippen LogP contribution in [-0.2, 0) is 4.79 Å². The van der Waals surface area contributed by atoms with E-state index in [0.29, 0.717) is 11.5 Å². The van der Waals surface area contributed by atoms with Crippen molar-refractivity contribution < 1.29 is 4.79 Å². The number of aromatic nitrogens is 4. The Morgan fingerprint density at radius 3 is 2.76 bits per heavy atom. The van der Waals surface area contributed by atoms with E-state index < -0.39 is 0 Å². The zero-order valence-electron chi connectivity index (χ0n) is 16.2. The molecule has 0 radical (unpaired) electrons. The first-order chi connectivity index (χ1) is 14.2.